The summed E-state index contributed by atoms with van der Waals surface area (Å²) < 4.78 is 10.7. The van der Waals surface area contributed by atoms with Gasteiger partial charge in [0.15, 0.2) is 5.78 Å². The number of ketones is 1. The van der Waals surface area contributed by atoms with Crippen LogP contribution >= 0.6 is 7.92 Å². The van der Waals surface area contributed by atoms with Crippen molar-refractivity contribution < 1.29 is 19.1 Å². The van der Waals surface area contributed by atoms with Gasteiger partial charge in [-0.2, -0.15) is 0 Å². The lowest BCUT2D eigenvalue weighted by molar-refractivity contribution is 0.0505. The van der Waals surface area contributed by atoms with E-state index in [0.717, 1.165) is 44.1 Å². The summed E-state index contributed by atoms with van der Waals surface area (Å²) in [7, 11) is 3.44. The minimum absolute atomic E-state index is 0.0299. The van der Waals surface area contributed by atoms with E-state index >= 15 is 0 Å². The molecule has 6 heteroatoms. The van der Waals surface area contributed by atoms with E-state index in [9.17, 15) is 9.59 Å². The average molecular weight is 486 g/mol. The van der Waals surface area contributed by atoms with Crippen LogP contribution < -0.4 is 10.0 Å². The van der Waals surface area contributed by atoms with Crippen molar-refractivity contribution >= 4 is 25.0 Å². The van der Waals surface area contributed by atoms with Gasteiger partial charge in [0.1, 0.15) is 5.75 Å². The van der Waals surface area contributed by atoms with Gasteiger partial charge >= 0.3 is 5.97 Å². The average Bonchev–Trinajstić information content (AvgIpc) is 2.83. The zero-order chi connectivity index (χ0) is 25.1. The monoisotopic (exact) mass is 485 g/mol. The molecule has 0 heterocycles. The van der Waals surface area contributed by atoms with Crippen LogP contribution in [0.15, 0.2) is 42.5 Å². The Labute approximate surface area is 206 Å². The number of rotatable bonds is 14. The van der Waals surface area contributed by atoms with E-state index in [2.05, 4.69) is 44.0 Å². The van der Waals surface area contributed by atoms with E-state index in [1.54, 1.807) is 14.0 Å². The van der Waals surface area contributed by atoms with Gasteiger partial charge in [-0.3, -0.25) is 4.79 Å². The van der Waals surface area contributed by atoms with Gasteiger partial charge in [0.2, 0.25) is 0 Å². The van der Waals surface area contributed by atoms with E-state index in [1.807, 2.05) is 31.2 Å². The van der Waals surface area contributed by atoms with E-state index in [0.29, 0.717) is 29.1 Å². The van der Waals surface area contributed by atoms with Crippen molar-refractivity contribution in [2.75, 3.05) is 40.0 Å². The van der Waals surface area contributed by atoms with Crippen LogP contribution in [-0.4, -0.2) is 62.3 Å². The second-order valence-electron chi connectivity index (χ2n) is 8.97. The minimum Gasteiger partial charge on any atom is -0.496 e. The number of likely N-dealkylation sites (N-methyl/N-ethyl adjacent to an activating group) is 1. The second-order valence-corrected chi connectivity index (χ2v) is 11.9. The molecule has 34 heavy (non-hydrogen) atoms. The number of hydrogen-bond acceptors (Lipinski definition) is 5. The second kappa shape index (κ2) is 14.2. The molecule has 186 valence electrons. The molecule has 0 fully saturated rings. The highest BCUT2D eigenvalue weighted by molar-refractivity contribution is 7.66. The molecule has 0 aliphatic heterocycles. The zero-order valence-corrected chi connectivity index (χ0v) is 22.5. The third kappa shape index (κ3) is 8.52. The Bertz CT molecular complexity index is 944. The SMILES string of the molecule is CCCOC(=O)c1cccc(CCN(C)CCCP(c2ccc(C(C)=O)c(OC)c2)C(C)C)c1. The number of ether oxygens (including phenoxy) is 2. The molecule has 2 rings (SSSR count). The van der Waals surface area contributed by atoms with Crippen molar-refractivity contribution in [1.29, 1.82) is 0 Å². The number of carbonyl (C=O) groups excluding carboxylic acids is 2. The third-order valence-corrected chi connectivity index (χ3v) is 8.83. The highest BCUT2D eigenvalue weighted by atomic mass is 31.1. The Morgan fingerprint density at radius 3 is 2.50 bits per heavy atom. The van der Waals surface area contributed by atoms with Crippen LogP contribution in [0.3, 0.4) is 0 Å². The fraction of sp³-hybridized carbons (Fsp3) is 0.500. The fourth-order valence-electron chi connectivity index (χ4n) is 3.91. The minimum atomic E-state index is -0.338. The lowest BCUT2D eigenvalue weighted by Gasteiger charge is -2.25. The number of methoxy groups -OCH3 is 1. The number of benzene rings is 2. The predicted molar refractivity (Wildman–Crippen MR) is 142 cm³/mol. The molecule has 0 spiro atoms. The maximum absolute atomic E-state index is 12.1. The van der Waals surface area contributed by atoms with Crippen LogP contribution in [0.25, 0.3) is 0 Å². The maximum atomic E-state index is 12.1. The zero-order valence-electron chi connectivity index (χ0n) is 21.6. The van der Waals surface area contributed by atoms with Crippen molar-refractivity contribution in [2.45, 2.75) is 52.6 Å². The smallest absolute Gasteiger partial charge is 0.338 e. The predicted octanol–water partition coefficient (Wildman–Crippen LogP) is 5.54. The molecular formula is C28H40NO4P. The Morgan fingerprint density at radius 2 is 1.85 bits per heavy atom. The Morgan fingerprint density at radius 1 is 1.09 bits per heavy atom. The molecule has 2 aromatic carbocycles. The molecule has 0 aromatic heterocycles. The van der Waals surface area contributed by atoms with Gasteiger partial charge in [-0.25, -0.2) is 4.79 Å². The van der Waals surface area contributed by atoms with Gasteiger partial charge in [0.05, 0.1) is 24.8 Å². The van der Waals surface area contributed by atoms with Crippen molar-refractivity contribution in [3.63, 3.8) is 0 Å². The van der Waals surface area contributed by atoms with Crippen LogP contribution in [0.1, 0.15) is 66.8 Å². The first-order chi connectivity index (χ1) is 16.3. The van der Waals surface area contributed by atoms with Crippen LogP contribution in [-0.2, 0) is 11.2 Å². The van der Waals surface area contributed by atoms with Crippen LogP contribution in [0, 0.1) is 0 Å². The van der Waals surface area contributed by atoms with Crippen LogP contribution in [0.4, 0.5) is 0 Å². The highest BCUT2D eigenvalue weighted by Crippen LogP contribution is 2.41. The summed E-state index contributed by atoms with van der Waals surface area (Å²) in [4.78, 5) is 26.3. The van der Waals surface area contributed by atoms with Gasteiger partial charge in [0, 0.05) is 6.54 Å². The molecule has 0 bridgehead atoms. The highest BCUT2D eigenvalue weighted by Gasteiger charge is 2.18. The number of hydrogen-bond donors (Lipinski definition) is 0. The van der Waals surface area contributed by atoms with Crippen molar-refractivity contribution in [3.05, 3.63) is 59.2 Å². The third-order valence-electron chi connectivity index (χ3n) is 5.84. The van der Waals surface area contributed by atoms with E-state index in [1.165, 1.54) is 5.30 Å². The van der Waals surface area contributed by atoms with Gasteiger partial charge in [-0.05, 0) is 86.7 Å². The van der Waals surface area contributed by atoms with Crippen LogP contribution in [0.5, 0.6) is 5.75 Å². The lowest BCUT2D eigenvalue weighted by Crippen LogP contribution is -2.24. The first-order valence-electron chi connectivity index (χ1n) is 12.2. The molecule has 1 unspecified atom stereocenters. The Kier molecular flexibility index (Phi) is 11.7. The molecule has 0 saturated carbocycles. The van der Waals surface area contributed by atoms with Crippen LogP contribution in [0.2, 0.25) is 0 Å². The molecule has 0 N–H and O–H groups in total. The number of carbonyl (C=O) groups is 2. The summed E-state index contributed by atoms with van der Waals surface area (Å²) in [5, 5.41) is 1.29. The van der Waals surface area contributed by atoms with Crippen molar-refractivity contribution in [3.8, 4) is 5.75 Å². The molecule has 0 radical (unpaired) electrons. The summed E-state index contributed by atoms with van der Waals surface area (Å²) in [6.45, 7) is 10.5. The van der Waals surface area contributed by atoms with Gasteiger partial charge < -0.3 is 14.4 Å². The topological polar surface area (TPSA) is 55.8 Å². The van der Waals surface area contributed by atoms with E-state index in [4.69, 9.17) is 9.47 Å². The molecule has 0 saturated heterocycles. The summed E-state index contributed by atoms with van der Waals surface area (Å²) in [5.41, 5.74) is 2.98. The standard InChI is InChI=1S/C28H40NO4P/c1-7-17-33-28(31)24-11-8-10-23(19-24)14-16-29(5)15-9-18-34(21(2)3)25-12-13-26(22(4)30)27(20-25)32-6/h8,10-13,19-21H,7,9,14-18H2,1-6H3. The first kappa shape index (κ1) is 28.0. The molecular weight excluding hydrogens is 445 g/mol. The summed E-state index contributed by atoms with van der Waals surface area (Å²) in [6.07, 6.45) is 3.97. The van der Waals surface area contributed by atoms with Crippen molar-refractivity contribution in [2.24, 2.45) is 0 Å². The number of nitrogens with zero attached hydrogens (tertiary/aromatic N) is 1. The van der Waals surface area contributed by atoms with Crippen molar-refractivity contribution in [1.82, 2.24) is 4.90 Å². The quantitative estimate of drug-likeness (QED) is 0.200. The number of Topliss-reactive ketones (excluding diaryl/α,β-unsaturated/α-hetero) is 1. The fourth-order valence-corrected chi connectivity index (χ4v) is 6.31. The maximum Gasteiger partial charge on any atom is 0.338 e. The molecule has 0 amide bonds. The Hall–Kier alpha value is -2.23. The van der Waals surface area contributed by atoms with Gasteiger partial charge in [-0.1, -0.05) is 46.9 Å². The Balaban J connectivity index is 1.89. The molecule has 2 aromatic rings. The summed E-state index contributed by atoms with van der Waals surface area (Å²) >= 11 is 0. The lowest BCUT2D eigenvalue weighted by atomic mass is 10.1. The normalized spacial score (nSPS) is 12.1. The molecule has 0 aliphatic rings. The summed E-state index contributed by atoms with van der Waals surface area (Å²) in [5.74, 6) is 0.463. The molecule has 1 atom stereocenters. The molecule has 5 nitrogen and oxygen atoms in total. The van der Waals surface area contributed by atoms with E-state index in [-0.39, 0.29) is 19.7 Å². The summed E-state index contributed by atoms with van der Waals surface area (Å²) in [6, 6.07) is 13.8. The van der Waals surface area contributed by atoms with Gasteiger partial charge in [-0.15, -0.1) is 0 Å². The molecule has 0 aliphatic carbocycles. The van der Waals surface area contributed by atoms with E-state index < -0.39 is 0 Å². The first-order valence-corrected chi connectivity index (χ1v) is 13.8. The van der Waals surface area contributed by atoms with Gasteiger partial charge in [0.25, 0.3) is 0 Å². The largest absolute Gasteiger partial charge is 0.496 e. The number of esters is 1.